The quantitative estimate of drug-likeness (QED) is 0.516. The van der Waals surface area contributed by atoms with Crippen LogP contribution in [0.2, 0.25) is 0 Å². The number of nitriles is 1. The number of benzene rings is 2. The number of fused-ring (bicyclic) bond motifs is 1. The van der Waals surface area contributed by atoms with E-state index in [1.807, 2.05) is 16.8 Å². The molecule has 0 atom stereocenters. The van der Waals surface area contributed by atoms with Crippen LogP contribution < -0.4 is 5.73 Å². The van der Waals surface area contributed by atoms with Gasteiger partial charge in [0.25, 0.3) is 0 Å². The van der Waals surface area contributed by atoms with Crippen LogP contribution in [0.3, 0.4) is 0 Å². The highest BCUT2D eigenvalue weighted by molar-refractivity contribution is 6.04. The van der Waals surface area contributed by atoms with E-state index in [0.717, 1.165) is 5.57 Å². The summed E-state index contributed by atoms with van der Waals surface area (Å²) in [7, 11) is 0. The second kappa shape index (κ2) is 7.71. The first-order chi connectivity index (χ1) is 15.5. The molecule has 0 saturated carbocycles. The summed E-state index contributed by atoms with van der Waals surface area (Å²) >= 11 is 0. The van der Waals surface area contributed by atoms with Crippen LogP contribution in [0.1, 0.15) is 17.5 Å². The van der Waals surface area contributed by atoms with Gasteiger partial charge in [-0.2, -0.15) is 5.26 Å². The molecule has 0 fully saturated rings. The van der Waals surface area contributed by atoms with Crippen LogP contribution in [0.4, 0.5) is 14.6 Å². The lowest BCUT2D eigenvalue weighted by atomic mass is 10.0. The van der Waals surface area contributed by atoms with Crippen molar-refractivity contribution in [2.45, 2.75) is 13.0 Å². The van der Waals surface area contributed by atoms with Gasteiger partial charge in [-0.05, 0) is 29.3 Å². The van der Waals surface area contributed by atoms with Gasteiger partial charge in [0.1, 0.15) is 35.5 Å². The number of anilines is 1. The minimum Gasteiger partial charge on any atom is -0.383 e. The molecule has 2 N–H and O–H groups in total. The Bertz CT molecular complexity index is 1480. The van der Waals surface area contributed by atoms with Crippen molar-refractivity contribution in [3.8, 4) is 17.2 Å². The van der Waals surface area contributed by atoms with E-state index in [2.05, 4.69) is 15.0 Å². The summed E-state index contributed by atoms with van der Waals surface area (Å²) in [4.78, 5) is 12.9. The van der Waals surface area contributed by atoms with Crippen molar-refractivity contribution in [3.05, 3.63) is 89.5 Å². The molecule has 6 nitrogen and oxygen atoms in total. The van der Waals surface area contributed by atoms with Crippen molar-refractivity contribution in [2.75, 3.05) is 5.73 Å². The molecule has 32 heavy (non-hydrogen) atoms. The van der Waals surface area contributed by atoms with Crippen LogP contribution in [0, 0.1) is 23.0 Å². The lowest BCUT2D eigenvalue weighted by Crippen LogP contribution is -2.05. The first-order valence-electron chi connectivity index (χ1n) is 9.84. The highest BCUT2D eigenvalue weighted by Crippen LogP contribution is 2.34. The lowest BCUT2D eigenvalue weighted by Gasteiger charge is -2.07. The summed E-state index contributed by atoms with van der Waals surface area (Å²) in [6, 6.07) is 12.8. The molecule has 5 rings (SSSR count). The minimum absolute atomic E-state index is 0.0318. The second-order valence-electron chi connectivity index (χ2n) is 7.45. The third-order valence-electron chi connectivity index (χ3n) is 5.44. The zero-order valence-corrected chi connectivity index (χ0v) is 16.8. The van der Waals surface area contributed by atoms with Crippen molar-refractivity contribution >= 4 is 22.6 Å². The Morgan fingerprint density at radius 2 is 1.91 bits per heavy atom. The predicted octanol–water partition coefficient (Wildman–Crippen LogP) is 4.61. The standard InChI is InChI=1S/C24H16F2N6/c25-19-4-2-1-3-17(19)21-7-14(10-29-21)11-32-12-18(22-23(28)30-13-31-24(22)32)15-5-6-16(9-27)20(26)8-15/h1-6,8,10,12-13H,7,11H2,(H2,28,30,31). The zero-order valence-electron chi connectivity index (χ0n) is 16.8. The van der Waals surface area contributed by atoms with Gasteiger partial charge in [-0.25, -0.2) is 18.7 Å². The van der Waals surface area contributed by atoms with Crippen molar-refractivity contribution in [2.24, 2.45) is 4.99 Å². The molecule has 2 aromatic heterocycles. The molecule has 8 heteroatoms. The van der Waals surface area contributed by atoms with Gasteiger partial charge in [0.15, 0.2) is 0 Å². The Hall–Kier alpha value is -4.38. The van der Waals surface area contributed by atoms with E-state index in [1.54, 1.807) is 30.5 Å². The number of hydrogen-bond acceptors (Lipinski definition) is 5. The van der Waals surface area contributed by atoms with Crippen LogP contribution in [-0.4, -0.2) is 20.2 Å². The van der Waals surface area contributed by atoms with Crippen LogP contribution >= 0.6 is 0 Å². The number of allylic oxidation sites excluding steroid dienone is 1. The van der Waals surface area contributed by atoms with Crippen LogP contribution in [0.25, 0.3) is 22.2 Å². The first kappa shape index (κ1) is 19.6. The molecule has 1 aliphatic rings. The smallest absolute Gasteiger partial charge is 0.146 e. The maximum absolute atomic E-state index is 14.3. The van der Waals surface area contributed by atoms with E-state index in [4.69, 9.17) is 11.0 Å². The Morgan fingerprint density at radius 3 is 2.69 bits per heavy atom. The Labute approximate surface area is 182 Å². The van der Waals surface area contributed by atoms with Gasteiger partial charge in [0, 0.05) is 36.5 Å². The van der Waals surface area contributed by atoms with Gasteiger partial charge in [0.2, 0.25) is 0 Å². The average Bonchev–Trinajstić information content (AvgIpc) is 3.40. The predicted molar refractivity (Wildman–Crippen MR) is 118 cm³/mol. The van der Waals surface area contributed by atoms with Crippen molar-refractivity contribution in [3.63, 3.8) is 0 Å². The maximum atomic E-state index is 14.3. The topological polar surface area (TPSA) is 92.9 Å². The number of aliphatic imine (C=N–C) groups is 1. The Kier molecular flexibility index (Phi) is 4.71. The van der Waals surface area contributed by atoms with Gasteiger partial charge in [-0.15, -0.1) is 0 Å². The number of halogens is 2. The largest absolute Gasteiger partial charge is 0.383 e. The molecule has 2 aromatic carbocycles. The van der Waals surface area contributed by atoms with E-state index >= 15 is 0 Å². The fourth-order valence-corrected chi connectivity index (χ4v) is 3.91. The van der Waals surface area contributed by atoms with E-state index in [-0.39, 0.29) is 17.2 Å². The summed E-state index contributed by atoms with van der Waals surface area (Å²) in [5, 5.41) is 9.61. The molecule has 0 aliphatic carbocycles. The van der Waals surface area contributed by atoms with Crippen molar-refractivity contribution in [1.82, 2.24) is 14.5 Å². The molecule has 0 saturated heterocycles. The number of nitrogens with zero attached hydrogens (tertiary/aromatic N) is 5. The van der Waals surface area contributed by atoms with Crippen molar-refractivity contribution in [1.29, 1.82) is 5.26 Å². The van der Waals surface area contributed by atoms with Crippen LogP contribution in [-0.2, 0) is 6.54 Å². The summed E-state index contributed by atoms with van der Waals surface area (Å²) in [6.45, 7) is 0.452. The van der Waals surface area contributed by atoms with Gasteiger partial charge < -0.3 is 10.3 Å². The highest BCUT2D eigenvalue weighted by atomic mass is 19.1. The first-order valence-corrected chi connectivity index (χ1v) is 9.84. The molecule has 1 aliphatic heterocycles. The van der Waals surface area contributed by atoms with Gasteiger partial charge in [-0.3, -0.25) is 4.99 Å². The third-order valence-corrected chi connectivity index (χ3v) is 5.44. The molecule has 4 aromatic rings. The Morgan fingerprint density at radius 1 is 1.06 bits per heavy atom. The average molecular weight is 426 g/mol. The molecule has 156 valence electrons. The summed E-state index contributed by atoms with van der Waals surface area (Å²) in [5.74, 6) is -0.641. The molecule has 3 heterocycles. The highest BCUT2D eigenvalue weighted by Gasteiger charge is 2.20. The van der Waals surface area contributed by atoms with E-state index in [0.29, 0.717) is 46.4 Å². The van der Waals surface area contributed by atoms with Crippen LogP contribution in [0.15, 0.2) is 71.8 Å². The number of aromatic nitrogens is 3. The Balaban J connectivity index is 1.50. The van der Waals surface area contributed by atoms with Gasteiger partial charge >= 0.3 is 0 Å². The third kappa shape index (κ3) is 3.30. The molecule has 0 bridgehead atoms. The normalized spacial score (nSPS) is 13.2. The monoisotopic (exact) mass is 426 g/mol. The summed E-state index contributed by atoms with van der Waals surface area (Å²) < 4.78 is 30.3. The van der Waals surface area contributed by atoms with E-state index < -0.39 is 5.82 Å². The fraction of sp³-hybridized carbons (Fsp3) is 0.0833. The van der Waals surface area contributed by atoms with Crippen LogP contribution in [0.5, 0.6) is 0 Å². The number of hydrogen-bond donors (Lipinski definition) is 1. The van der Waals surface area contributed by atoms with Crippen molar-refractivity contribution < 1.29 is 8.78 Å². The second-order valence-corrected chi connectivity index (χ2v) is 7.45. The minimum atomic E-state index is -0.609. The molecule has 0 radical (unpaired) electrons. The number of nitrogen functional groups attached to an aromatic ring is 1. The lowest BCUT2D eigenvalue weighted by molar-refractivity contribution is 0.624. The SMILES string of the molecule is N#Cc1ccc(-c2cn(CC3=CN=C(c4ccccc4F)C3)c3ncnc(N)c23)cc1F. The molecule has 0 amide bonds. The van der Waals surface area contributed by atoms with Gasteiger partial charge in [-0.1, -0.05) is 24.3 Å². The fourth-order valence-electron chi connectivity index (χ4n) is 3.91. The van der Waals surface area contributed by atoms with E-state index in [1.165, 1.54) is 24.5 Å². The molecular formula is C24H16F2N6. The summed E-state index contributed by atoms with van der Waals surface area (Å²) in [5.41, 5.74) is 10.0. The molecule has 0 spiro atoms. The van der Waals surface area contributed by atoms with Gasteiger partial charge in [0.05, 0.1) is 16.7 Å². The molecule has 0 unspecified atom stereocenters. The zero-order chi connectivity index (χ0) is 22.2. The summed E-state index contributed by atoms with van der Waals surface area (Å²) in [6.07, 6.45) is 5.45. The maximum Gasteiger partial charge on any atom is 0.146 e. The number of rotatable bonds is 4. The number of nitrogens with two attached hydrogens (primary N) is 1. The van der Waals surface area contributed by atoms with E-state index in [9.17, 15) is 8.78 Å². The molecular weight excluding hydrogens is 410 g/mol.